The molecule has 1 unspecified atom stereocenters. The number of hydrogen-bond donors (Lipinski definition) is 2. The van der Waals surface area contributed by atoms with E-state index in [2.05, 4.69) is 25.7 Å². The van der Waals surface area contributed by atoms with Gasteiger partial charge in [0, 0.05) is 30.5 Å². The maximum atomic E-state index is 12.6. The zero-order valence-electron chi connectivity index (χ0n) is 17.1. The molecule has 2 amide bonds. The van der Waals surface area contributed by atoms with Crippen LogP contribution in [0.2, 0.25) is 0 Å². The third kappa shape index (κ3) is 4.53. The molecule has 0 saturated heterocycles. The number of nitrogens with one attached hydrogen (secondary N) is 2. The van der Waals surface area contributed by atoms with Gasteiger partial charge in [0.2, 0.25) is 5.91 Å². The molecule has 31 heavy (non-hydrogen) atoms. The van der Waals surface area contributed by atoms with Crippen LogP contribution in [0.25, 0.3) is 10.2 Å². The Balaban J connectivity index is 1.35. The van der Waals surface area contributed by atoms with Crippen molar-refractivity contribution in [3.8, 4) is 11.8 Å². The molecular weight excluding hydrogens is 416 g/mol. The van der Waals surface area contributed by atoms with E-state index in [1.807, 2.05) is 14.0 Å². The Morgan fingerprint density at radius 2 is 1.87 bits per heavy atom. The van der Waals surface area contributed by atoms with Crippen LogP contribution in [0.5, 0.6) is 11.8 Å². The molecule has 0 radical (unpaired) electrons. The first-order valence-corrected chi connectivity index (χ1v) is 10.3. The average Bonchev–Trinajstić information content (AvgIpc) is 3.31. The van der Waals surface area contributed by atoms with E-state index in [1.165, 1.54) is 11.3 Å². The van der Waals surface area contributed by atoms with Gasteiger partial charge >= 0.3 is 6.01 Å². The van der Waals surface area contributed by atoms with Crippen molar-refractivity contribution < 1.29 is 14.3 Å². The normalized spacial score (nSPS) is 11.8. The smallest absolute Gasteiger partial charge is 0.321 e. The number of hydrogen-bond acceptors (Lipinski definition) is 7. The van der Waals surface area contributed by atoms with Crippen molar-refractivity contribution in [2.45, 2.75) is 19.9 Å². The zero-order chi connectivity index (χ0) is 22.0. The molecule has 0 aliphatic carbocycles. The van der Waals surface area contributed by atoms with Crippen LogP contribution < -0.4 is 15.4 Å². The Bertz CT molecular complexity index is 1200. The monoisotopic (exact) mass is 436 g/mol. The van der Waals surface area contributed by atoms with Crippen LogP contribution in [0.3, 0.4) is 0 Å². The van der Waals surface area contributed by atoms with E-state index in [-0.39, 0.29) is 17.8 Å². The number of aromatic nitrogens is 4. The Labute approximate surface area is 182 Å². The molecule has 9 nitrogen and oxygen atoms in total. The summed E-state index contributed by atoms with van der Waals surface area (Å²) < 4.78 is 7.28. The average molecular weight is 436 g/mol. The van der Waals surface area contributed by atoms with Crippen molar-refractivity contribution in [2.24, 2.45) is 7.05 Å². The molecule has 4 aromatic rings. The lowest BCUT2D eigenvalue weighted by atomic mass is 10.2. The molecule has 0 fully saturated rings. The van der Waals surface area contributed by atoms with Gasteiger partial charge in [-0.1, -0.05) is 0 Å². The van der Waals surface area contributed by atoms with E-state index in [1.54, 1.807) is 60.4 Å². The van der Waals surface area contributed by atoms with Crippen LogP contribution in [-0.4, -0.2) is 37.6 Å². The van der Waals surface area contributed by atoms with Crippen LogP contribution in [0.15, 0.2) is 48.8 Å². The fourth-order valence-corrected chi connectivity index (χ4v) is 3.98. The lowest BCUT2D eigenvalue weighted by Gasteiger charge is -2.14. The Hall–Kier alpha value is -3.79. The SMILES string of the molecule is Cc1nn(C)c2sc(C(=O)NC(C)C(=O)Nc3ccc(Oc4ncccn4)cc3)cc12. The van der Waals surface area contributed by atoms with E-state index < -0.39 is 6.04 Å². The van der Waals surface area contributed by atoms with Gasteiger partial charge in [0.25, 0.3) is 5.91 Å². The minimum Gasteiger partial charge on any atom is -0.424 e. The first-order chi connectivity index (χ1) is 14.9. The second-order valence-corrected chi connectivity index (χ2v) is 7.91. The summed E-state index contributed by atoms with van der Waals surface area (Å²) in [7, 11) is 1.84. The van der Waals surface area contributed by atoms with Crippen molar-refractivity contribution in [3.63, 3.8) is 0 Å². The van der Waals surface area contributed by atoms with Crippen LogP contribution in [0, 0.1) is 6.92 Å². The predicted octanol–water partition coefficient (Wildman–Crippen LogP) is 3.28. The van der Waals surface area contributed by atoms with E-state index in [0.29, 0.717) is 16.3 Å². The molecule has 1 atom stereocenters. The number of rotatable bonds is 6. The van der Waals surface area contributed by atoms with Gasteiger partial charge in [-0.05, 0) is 50.2 Å². The highest BCUT2D eigenvalue weighted by atomic mass is 32.1. The first-order valence-electron chi connectivity index (χ1n) is 9.50. The highest BCUT2D eigenvalue weighted by molar-refractivity contribution is 7.20. The van der Waals surface area contributed by atoms with E-state index in [0.717, 1.165) is 15.9 Å². The molecule has 1 aromatic carbocycles. The number of thiophene rings is 1. The molecule has 158 valence electrons. The molecule has 2 N–H and O–H groups in total. The number of aryl methyl sites for hydroxylation is 2. The topological polar surface area (TPSA) is 111 Å². The first kappa shape index (κ1) is 20.5. The van der Waals surface area contributed by atoms with Crippen LogP contribution >= 0.6 is 11.3 Å². The van der Waals surface area contributed by atoms with Crippen molar-refractivity contribution in [1.82, 2.24) is 25.1 Å². The molecular formula is C21H20N6O3S. The number of anilines is 1. The Morgan fingerprint density at radius 1 is 1.16 bits per heavy atom. The van der Waals surface area contributed by atoms with Gasteiger partial charge < -0.3 is 15.4 Å². The number of nitrogens with zero attached hydrogens (tertiary/aromatic N) is 4. The summed E-state index contributed by atoms with van der Waals surface area (Å²) in [6, 6.07) is 9.82. The minimum absolute atomic E-state index is 0.239. The maximum Gasteiger partial charge on any atom is 0.321 e. The van der Waals surface area contributed by atoms with Gasteiger partial charge in [0.15, 0.2) is 0 Å². The van der Waals surface area contributed by atoms with Crippen molar-refractivity contribution in [3.05, 3.63) is 59.4 Å². The predicted molar refractivity (Wildman–Crippen MR) is 117 cm³/mol. The second-order valence-electron chi connectivity index (χ2n) is 6.88. The molecule has 0 saturated carbocycles. The van der Waals surface area contributed by atoms with Crippen LogP contribution in [0.4, 0.5) is 5.69 Å². The quantitative estimate of drug-likeness (QED) is 0.480. The third-order valence-electron chi connectivity index (χ3n) is 4.53. The lowest BCUT2D eigenvalue weighted by Crippen LogP contribution is -2.41. The number of amides is 2. The van der Waals surface area contributed by atoms with Crippen LogP contribution in [-0.2, 0) is 11.8 Å². The van der Waals surface area contributed by atoms with Crippen molar-refractivity contribution in [2.75, 3.05) is 5.32 Å². The summed E-state index contributed by atoms with van der Waals surface area (Å²) in [5.74, 6) is -0.0812. The number of benzene rings is 1. The van der Waals surface area contributed by atoms with E-state index in [9.17, 15) is 9.59 Å². The molecule has 3 heterocycles. The Kier molecular flexibility index (Phi) is 5.63. The molecule has 0 spiro atoms. The number of fused-ring (bicyclic) bond motifs is 1. The molecule has 10 heteroatoms. The molecule has 0 aliphatic heterocycles. The van der Waals surface area contributed by atoms with Gasteiger partial charge in [-0.3, -0.25) is 14.3 Å². The molecule has 0 bridgehead atoms. The summed E-state index contributed by atoms with van der Waals surface area (Å²) in [5.41, 5.74) is 1.45. The van der Waals surface area contributed by atoms with E-state index in [4.69, 9.17) is 4.74 Å². The maximum absolute atomic E-state index is 12.6. The highest BCUT2D eigenvalue weighted by Gasteiger charge is 2.20. The summed E-state index contributed by atoms with van der Waals surface area (Å²) >= 11 is 1.35. The fourth-order valence-electron chi connectivity index (χ4n) is 2.95. The van der Waals surface area contributed by atoms with Gasteiger partial charge in [-0.2, -0.15) is 5.10 Å². The summed E-state index contributed by atoms with van der Waals surface area (Å²) in [6.45, 7) is 3.54. The van der Waals surface area contributed by atoms with Crippen LogP contribution in [0.1, 0.15) is 22.3 Å². The molecule has 4 rings (SSSR count). The summed E-state index contributed by atoms with van der Waals surface area (Å²) in [6.07, 6.45) is 3.17. The zero-order valence-corrected chi connectivity index (χ0v) is 17.9. The largest absolute Gasteiger partial charge is 0.424 e. The summed E-state index contributed by atoms with van der Waals surface area (Å²) in [5, 5.41) is 10.8. The third-order valence-corrected chi connectivity index (χ3v) is 5.73. The standard InChI is InChI=1S/C21H20N6O3S/c1-12-16-11-17(31-20(16)27(3)26-12)19(29)24-13(2)18(28)25-14-5-7-15(8-6-14)30-21-22-9-4-10-23-21/h4-11,13H,1-3H3,(H,24,29)(H,25,28). The Morgan fingerprint density at radius 3 is 2.55 bits per heavy atom. The van der Waals surface area contributed by atoms with Crippen molar-refractivity contribution >= 4 is 39.1 Å². The number of carbonyl (C=O) groups excluding carboxylic acids is 2. The second kappa shape index (κ2) is 8.52. The van der Waals surface area contributed by atoms with Gasteiger partial charge in [-0.15, -0.1) is 11.3 Å². The summed E-state index contributed by atoms with van der Waals surface area (Å²) in [4.78, 5) is 34.5. The number of ether oxygens (including phenoxy) is 1. The van der Waals surface area contributed by atoms with E-state index >= 15 is 0 Å². The minimum atomic E-state index is -0.717. The lowest BCUT2D eigenvalue weighted by molar-refractivity contribution is -0.117. The highest BCUT2D eigenvalue weighted by Crippen LogP contribution is 2.27. The van der Waals surface area contributed by atoms with Gasteiger partial charge in [0.05, 0.1) is 10.6 Å². The van der Waals surface area contributed by atoms with Gasteiger partial charge in [-0.25, -0.2) is 9.97 Å². The van der Waals surface area contributed by atoms with Gasteiger partial charge in [0.1, 0.15) is 16.6 Å². The van der Waals surface area contributed by atoms with Crippen molar-refractivity contribution in [1.29, 1.82) is 0 Å². The fraction of sp³-hybridized carbons (Fsp3) is 0.190. The number of carbonyl (C=O) groups is 2. The molecule has 3 aromatic heterocycles. The molecule has 0 aliphatic rings.